The molecule has 0 radical (unpaired) electrons. The Labute approximate surface area is 192 Å². The molecule has 1 fully saturated rings. The van der Waals surface area contributed by atoms with E-state index in [-0.39, 0.29) is 43.2 Å². The van der Waals surface area contributed by atoms with Crippen molar-refractivity contribution in [3.05, 3.63) is 64.7 Å². The standard InChI is InChI=1S/C23H27F2N3O3.ClH/c1-3-30-21(23(29)28-12-14-4-6-16(7-5-14)22(26)27)19-17(24)10-11-18(20(19)25)31-13(2)15-8-9-15;/h4-7,10-11,13,15,21H,3,8-9,12H2,1-2H3,(H3,26,27)(H,28,29);1H. The maximum atomic E-state index is 15.1. The van der Waals surface area contributed by atoms with Crippen LogP contribution in [0.3, 0.4) is 0 Å². The van der Waals surface area contributed by atoms with Crippen LogP contribution in [0.2, 0.25) is 0 Å². The molecule has 0 aliphatic heterocycles. The van der Waals surface area contributed by atoms with Gasteiger partial charge in [-0.05, 0) is 50.3 Å². The Kier molecular flexibility index (Phi) is 8.98. The first-order valence-electron chi connectivity index (χ1n) is 10.3. The van der Waals surface area contributed by atoms with Crippen LogP contribution in [-0.2, 0) is 16.1 Å². The van der Waals surface area contributed by atoms with E-state index in [0.29, 0.717) is 11.5 Å². The molecule has 0 saturated heterocycles. The van der Waals surface area contributed by atoms with Gasteiger partial charge in [-0.2, -0.15) is 0 Å². The van der Waals surface area contributed by atoms with E-state index in [1.54, 1.807) is 31.2 Å². The molecule has 2 aromatic rings. The van der Waals surface area contributed by atoms with Crippen molar-refractivity contribution in [2.75, 3.05) is 6.61 Å². The first-order valence-corrected chi connectivity index (χ1v) is 10.3. The van der Waals surface area contributed by atoms with Crippen molar-refractivity contribution in [3.8, 4) is 5.75 Å². The summed E-state index contributed by atoms with van der Waals surface area (Å²) in [5.41, 5.74) is 6.26. The van der Waals surface area contributed by atoms with Gasteiger partial charge >= 0.3 is 0 Å². The number of nitrogens with one attached hydrogen (secondary N) is 2. The minimum absolute atomic E-state index is 0. The molecule has 2 unspecified atom stereocenters. The summed E-state index contributed by atoms with van der Waals surface area (Å²) in [7, 11) is 0. The van der Waals surface area contributed by atoms with Crippen molar-refractivity contribution >= 4 is 24.1 Å². The summed E-state index contributed by atoms with van der Waals surface area (Å²) in [5.74, 6) is -2.24. The van der Waals surface area contributed by atoms with Crippen molar-refractivity contribution in [3.63, 3.8) is 0 Å². The fraction of sp³-hybridized carbons (Fsp3) is 0.391. The van der Waals surface area contributed by atoms with E-state index in [2.05, 4.69) is 5.32 Å². The predicted octanol–water partition coefficient (Wildman–Crippen LogP) is 4.24. The lowest BCUT2D eigenvalue weighted by atomic mass is 10.1. The summed E-state index contributed by atoms with van der Waals surface area (Å²) in [4.78, 5) is 12.8. The third kappa shape index (κ3) is 6.17. The largest absolute Gasteiger partial charge is 0.487 e. The highest BCUT2D eigenvalue weighted by atomic mass is 35.5. The van der Waals surface area contributed by atoms with Crippen molar-refractivity contribution in [1.29, 1.82) is 5.41 Å². The zero-order valence-corrected chi connectivity index (χ0v) is 18.8. The molecule has 1 aliphatic carbocycles. The van der Waals surface area contributed by atoms with E-state index in [9.17, 15) is 9.18 Å². The third-order valence-electron chi connectivity index (χ3n) is 5.26. The number of rotatable bonds is 10. The number of benzene rings is 2. The summed E-state index contributed by atoms with van der Waals surface area (Å²) in [6.45, 7) is 3.71. The van der Waals surface area contributed by atoms with Crippen LogP contribution in [0.4, 0.5) is 8.78 Å². The van der Waals surface area contributed by atoms with Crippen LogP contribution in [0.5, 0.6) is 5.75 Å². The molecule has 2 atom stereocenters. The molecule has 1 amide bonds. The average Bonchev–Trinajstić information content (AvgIpc) is 3.59. The van der Waals surface area contributed by atoms with Crippen LogP contribution in [0.25, 0.3) is 0 Å². The Morgan fingerprint density at radius 2 is 1.88 bits per heavy atom. The molecule has 3 rings (SSSR count). The molecule has 0 heterocycles. The Balaban J connectivity index is 0.00000363. The van der Waals surface area contributed by atoms with Crippen molar-refractivity contribution < 1.29 is 23.0 Å². The number of hydrogen-bond donors (Lipinski definition) is 3. The number of ether oxygens (including phenoxy) is 2. The van der Waals surface area contributed by atoms with E-state index in [4.69, 9.17) is 20.6 Å². The van der Waals surface area contributed by atoms with Gasteiger partial charge in [-0.3, -0.25) is 10.2 Å². The van der Waals surface area contributed by atoms with Crippen LogP contribution in [0.1, 0.15) is 49.5 Å². The molecule has 6 nitrogen and oxygen atoms in total. The number of halogens is 3. The monoisotopic (exact) mass is 467 g/mol. The summed E-state index contributed by atoms with van der Waals surface area (Å²) in [6, 6.07) is 9.07. The minimum atomic E-state index is -1.46. The van der Waals surface area contributed by atoms with Gasteiger partial charge in [0.1, 0.15) is 11.7 Å². The molecular formula is C23H28ClF2N3O3. The number of nitrogens with two attached hydrogens (primary N) is 1. The molecule has 174 valence electrons. The Bertz CT molecular complexity index is 952. The predicted molar refractivity (Wildman–Crippen MR) is 120 cm³/mol. The maximum absolute atomic E-state index is 15.1. The number of hydrogen-bond acceptors (Lipinski definition) is 4. The van der Waals surface area contributed by atoms with Gasteiger partial charge in [0.25, 0.3) is 5.91 Å². The molecule has 0 bridgehead atoms. The van der Waals surface area contributed by atoms with Crippen LogP contribution >= 0.6 is 12.4 Å². The summed E-state index contributed by atoms with van der Waals surface area (Å²) in [5, 5.41) is 10.1. The van der Waals surface area contributed by atoms with E-state index < -0.39 is 29.2 Å². The Morgan fingerprint density at radius 3 is 2.44 bits per heavy atom. The maximum Gasteiger partial charge on any atom is 0.254 e. The Hall–Kier alpha value is -2.71. The lowest BCUT2D eigenvalue weighted by molar-refractivity contribution is -0.133. The van der Waals surface area contributed by atoms with E-state index in [1.807, 2.05) is 6.92 Å². The summed E-state index contributed by atoms with van der Waals surface area (Å²) >= 11 is 0. The van der Waals surface area contributed by atoms with Gasteiger partial charge in [0.05, 0.1) is 11.7 Å². The molecule has 1 aliphatic rings. The minimum Gasteiger partial charge on any atom is -0.487 e. The quantitative estimate of drug-likeness (QED) is 0.359. The smallest absolute Gasteiger partial charge is 0.254 e. The fourth-order valence-electron chi connectivity index (χ4n) is 3.28. The van der Waals surface area contributed by atoms with Crippen LogP contribution in [-0.4, -0.2) is 24.5 Å². The van der Waals surface area contributed by atoms with Crippen LogP contribution in [0.15, 0.2) is 36.4 Å². The summed E-state index contributed by atoms with van der Waals surface area (Å²) in [6.07, 6.45) is 0.397. The lowest BCUT2D eigenvalue weighted by Crippen LogP contribution is -2.32. The summed E-state index contributed by atoms with van der Waals surface area (Å²) < 4.78 is 40.8. The van der Waals surface area contributed by atoms with Crippen molar-refractivity contribution in [2.45, 2.75) is 45.4 Å². The lowest BCUT2D eigenvalue weighted by Gasteiger charge is -2.21. The van der Waals surface area contributed by atoms with Gasteiger partial charge in [0.2, 0.25) is 0 Å². The zero-order chi connectivity index (χ0) is 22.5. The highest BCUT2D eigenvalue weighted by Gasteiger charge is 2.33. The number of carbonyl (C=O) groups excluding carboxylic acids is 1. The van der Waals surface area contributed by atoms with Gasteiger partial charge in [0, 0.05) is 18.7 Å². The topological polar surface area (TPSA) is 97.4 Å². The first kappa shape index (κ1) is 25.5. The molecule has 0 spiro atoms. The van der Waals surface area contributed by atoms with Crippen molar-refractivity contribution in [1.82, 2.24) is 5.32 Å². The normalized spacial score (nSPS) is 14.8. The number of amidine groups is 1. The van der Waals surface area contributed by atoms with Crippen LogP contribution < -0.4 is 15.8 Å². The highest BCUT2D eigenvalue weighted by Crippen LogP contribution is 2.37. The van der Waals surface area contributed by atoms with Crippen molar-refractivity contribution in [2.24, 2.45) is 11.7 Å². The van der Waals surface area contributed by atoms with E-state index in [0.717, 1.165) is 24.5 Å². The number of carbonyl (C=O) groups is 1. The number of nitrogen functional groups attached to an aromatic ring is 1. The molecular weight excluding hydrogens is 440 g/mol. The Morgan fingerprint density at radius 1 is 1.22 bits per heavy atom. The molecule has 32 heavy (non-hydrogen) atoms. The third-order valence-corrected chi connectivity index (χ3v) is 5.26. The van der Waals surface area contributed by atoms with Gasteiger partial charge in [0.15, 0.2) is 17.7 Å². The van der Waals surface area contributed by atoms with Crippen LogP contribution in [0, 0.1) is 23.0 Å². The molecule has 0 aromatic heterocycles. The van der Waals surface area contributed by atoms with E-state index >= 15 is 4.39 Å². The first-order chi connectivity index (χ1) is 14.8. The molecule has 1 saturated carbocycles. The SMILES string of the molecule is CCOC(C(=O)NCc1ccc(C(=N)N)cc1)c1c(F)ccc(OC(C)C2CC2)c1F.Cl. The molecule has 4 N–H and O–H groups in total. The molecule has 2 aromatic carbocycles. The van der Waals surface area contributed by atoms with E-state index in [1.165, 1.54) is 6.07 Å². The second-order valence-corrected chi connectivity index (χ2v) is 7.60. The number of amides is 1. The fourth-order valence-corrected chi connectivity index (χ4v) is 3.28. The second kappa shape index (κ2) is 11.2. The van der Waals surface area contributed by atoms with Gasteiger partial charge in [-0.1, -0.05) is 24.3 Å². The second-order valence-electron chi connectivity index (χ2n) is 7.60. The average molecular weight is 468 g/mol. The van der Waals surface area contributed by atoms with Gasteiger partial charge in [-0.15, -0.1) is 12.4 Å². The molecule has 9 heteroatoms. The zero-order valence-electron chi connectivity index (χ0n) is 18.0. The van der Waals surface area contributed by atoms with Gasteiger partial charge in [-0.25, -0.2) is 8.78 Å². The highest BCUT2D eigenvalue weighted by molar-refractivity contribution is 5.94. The van der Waals surface area contributed by atoms with Gasteiger partial charge < -0.3 is 20.5 Å².